The van der Waals surface area contributed by atoms with Crippen LogP contribution in [0, 0.1) is 11.8 Å². The van der Waals surface area contributed by atoms with Crippen molar-refractivity contribution in [1.29, 1.82) is 0 Å². The molecule has 0 aliphatic heterocycles. The molecule has 0 fully saturated rings. The summed E-state index contributed by atoms with van der Waals surface area (Å²) in [4.78, 5) is 22.7. The normalized spacial score (nSPS) is 9.06. The molecule has 0 aliphatic rings. The Balaban J connectivity index is 2.80. The van der Waals surface area contributed by atoms with Gasteiger partial charge < -0.3 is 4.74 Å². The van der Waals surface area contributed by atoms with Gasteiger partial charge in [-0.2, -0.15) is 0 Å². The number of rotatable bonds is 3. The number of Topliss-reactive ketones (excluding diaryl/α,β-unsaturated/α-hetero) is 1. The fourth-order valence-electron chi connectivity index (χ4n) is 1.15. The lowest BCUT2D eigenvalue weighted by atomic mass is 10.1. The molecular weight excluding hydrogens is 284 g/mol. The molecule has 1 aromatic rings. The average molecular weight is 295 g/mol. The second-order valence-electron chi connectivity index (χ2n) is 3.06. The Morgan fingerprint density at radius 1 is 1.29 bits per heavy atom. The van der Waals surface area contributed by atoms with Gasteiger partial charge in [-0.15, -0.1) is 0 Å². The molecule has 3 nitrogen and oxygen atoms in total. The first-order valence-electron chi connectivity index (χ1n) is 5.05. The van der Waals surface area contributed by atoms with Crippen molar-refractivity contribution in [1.82, 2.24) is 0 Å². The molecule has 0 atom stereocenters. The van der Waals surface area contributed by atoms with Crippen molar-refractivity contribution >= 4 is 27.7 Å². The van der Waals surface area contributed by atoms with E-state index in [0.29, 0.717) is 10.9 Å². The second kappa shape index (κ2) is 6.87. The average Bonchev–Trinajstić information content (AvgIpc) is 2.36. The first-order valence-corrected chi connectivity index (χ1v) is 6.17. The van der Waals surface area contributed by atoms with Gasteiger partial charge in [0.1, 0.15) is 0 Å². The minimum Gasteiger partial charge on any atom is -0.460 e. The third kappa shape index (κ3) is 4.04. The topological polar surface area (TPSA) is 43.4 Å². The van der Waals surface area contributed by atoms with Crippen LogP contribution in [0.4, 0.5) is 0 Å². The van der Waals surface area contributed by atoms with E-state index in [9.17, 15) is 9.59 Å². The van der Waals surface area contributed by atoms with Crippen LogP contribution in [-0.2, 0) is 9.53 Å². The van der Waals surface area contributed by atoms with Gasteiger partial charge in [-0.1, -0.05) is 27.8 Å². The Morgan fingerprint density at radius 2 is 1.94 bits per heavy atom. The number of alkyl halides is 1. The first-order chi connectivity index (χ1) is 8.19. The molecule has 0 radical (unpaired) electrons. The summed E-state index contributed by atoms with van der Waals surface area (Å²) in [6.07, 6.45) is 0. The molecular formula is C13H11BrO3. The predicted octanol–water partition coefficient (Wildman–Crippen LogP) is 2.18. The predicted molar refractivity (Wildman–Crippen MR) is 68.1 cm³/mol. The van der Waals surface area contributed by atoms with Crippen LogP contribution < -0.4 is 0 Å². The largest absolute Gasteiger partial charge is 0.460 e. The highest BCUT2D eigenvalue weighted by molar-refractivity contribution is 9.09. The molecule has 0 saturated carbocycles. The van der Waals surface area contributed by atoms with Crippen molar-refractivity contribution in [3.05, 3.63) is 35.4 Å². The lowest BCUT2D eigenvalue weighted by molar-refractivity contribution is -0.137. The van der Waals surface area contributed by atoms with Crippen molar-refractivity contribution in [3.63, 3.8) is 0 Å². The van der Waals surface area contributed by atoms with E-state index < -0.39 is 11.8 Å². The first kappa shape index (κ1) is 13.5. The third-order valence-electron chi connectivity index (χ3n) is 1.91. The van der Waals surface area contributed by atoms with Crippen LogP contribution in [-0.4, -0.2) is 23.7 Å². The number of benzene rings is 1. The maximum absolute atomic E-state index is 11.5. The van der Waals surface area contributed by atoms with Gasteiger partial charge in [-0.25, -0.2) is 4.79 Å². The quantitative estimate of drug-likeness (QED) is 0.282. The lowest BCUT2D eigenvalue weighted by Crippen LogP contribution is -2.17. The van der Waals surface area contributed by atoms with E-state index in [2.05, 4.69) is 32.5 Å². The molecule has 0 aliphatic carbocycles. The van der Waals surface area contributed by atoms with Gasteiger partial charge in [0.25, 0.3) is 5.78 Å². The Labute approximate surface area is 108 Å². The molecule has 0 bridgehead atoms. The van der Waals surface area contributed by atoms with Crippen molar-refractivity contribution < 1.29 is 14.3 Å². The van der Waals surface area contributed by atoms with Crippen molar-refractivity contribution in [2.75, 3.05) is 11.9 Å². The summed E-state index contributed by atoms with van der Waals surface area (Å²) in [5.74, 6) is 4.28. The van der Waals surface area contributed by atoms with Crippen LogP contribution in [0.25, 0.3) is 0 Å². The Morgan fingerprint density at radius 3 is 2.47 bits per heavy atom. The number of ketones is 1. The molecule has 0 unspecified atom stereocenters. The van der Waals surface area contributed by atoms with Gasteiger partial charge in [0.05, 0.1) is 11.9 Å². The fourth-order valence-corrected chi connectivity index (χ4v) is 1.30. The number of ether oxygens (including phenoxy) is 1. The minimum absolute atomic E-state index is 0.194. The molecule has 1 rings (SSSR count). The molecule has 0 saturated heterocycles. The molecule has 4 heteroatoms. The Kier molecular flexibility index (Phi) is 5.44. The molecule has 1 aromatic carbocycles. The number of halogens is 1. The molecule has 0 heterocycles. The maximum atomic E-state index is 11.5. The standard InChI is InChI=1S/C13H11BrO3/c1-2-17-13(16)12(15)11-7-5-10(6-8-11)4-3-9-14/h5-8H,2,9H2,1H3. The number of carbonyl (C=O) groups is 2. The Bertz CT molecular complexity index is 466. The second-order valence-corrected chi connectivity index (χ2v) is 3.62. The highest BCUT2D eigenvalue weighted by Gasteiger charge is 2.16. The number of hydrogen-bond acceptors (Lipinski definition) is 3. The van der Waals surface area contributed by atoms with Crippen molar-refractivity contribution in [2.45, 2.75) is 6.92 Å². The zero-order valence-electron chi connectivity index (χ0n) is 9.33. The molecule has 17 heavy (non-hydrogen) atoms. The van der Waals surface area contributed by atoms with Crippen LogP contribution in [0.5, 0.6) is 0 Å². The van der Waals surface area contributed by atoms with E-state index in [-0.39, 0.29) is 6.61 Å². The molecule has 0 amide bonds. The van der Waals surface area contributed by atoms with Crippen molar-refractivity contribution in [3.8, 4) is 11.8 Å². The number of carbonyl (C=O) groups excluding carboxylic acids is 2. The highest BCUT2D eigenvalue weighted by Crippen LogP contribution is 2.05. The van der Waals surface area contributed by atoms with Gasteiger partial charge in [0.15, 0.2) is 0 Å². The van der Waals surface area contributed by atoms with Gasteiger partial charge in [-0.3, -0.25) is 4.79 Å². The molecule has 88 valence electrons. The van der Waals surface area contributed by atoms with Crippen LogP contribution in [0.2, 0.25) is 0 Å². The number of hydrogen-bond donors (Lipinski definition) is 0. The molecule has 0 spiro atoms. The van der Waals surface area contributed by atoms with Gasteiger partial charge in [-0.05, 0) is 31.2 Å². The maximum Gasteiger partial charge on any atom is 0.379 e. The Hall–Kier alpha value is -1.60. The summed E-state index contributed by atoms with van der Waals surface area (Å²) in [7, 11) is 0. The fraction of sp³-hybridized carbons (Fsp3) is 0.231. The summed E-state index contributed by atoms with van der Waals surface area (Å²) in [5, 5.41) is 0.594. The van der Waals surface area contributed by atoms with Gasteiger partial charge >= 0.3 is 5.97 Å². The van der Waals surface area contributed by atoms with E-state index in [0.717, 1.165) is 5.56 Å². The molecule has 0 aromatic heterocycles. The van der Waals surface area contributed by atoms with Crippen LogP contribution in [0.3, 0.4) is 0 Å². The highest BCUT2D eigenvalue weighted by atomic mass is 79.9. The summed E-state index contributed by atoms with van der Waals surface area (Å²) < 4.78 is 4.63. The monoisotopic (exact) mass is 294 g/mol. The third-order valence-corrected chi connectivity index (χ3v) is 2.19. The van der Waals surface area contributed by atoms with Gasteiger partial charge in [0, 0.05) is 11.1 Å². The summed E-state index contributed by atoms with van der Waals surface area (Å²) in [6.45, 7) is 1.85. The zero-order chi connectivity index (χ0) is 12.7. The van der Waals surface area contributed by atoms with Crippen LogP contribution in [0.1, 0.15) is 22.8 Å². The van der Waals surface area contributed by atoms with E-state index in [1.807, 2.05) is 0 Å². The zero-order valence-corrected chi connectivity index (χ0v) is 10.9. The van der Waals surface area contributed by atoms with Crippen LogP contribution >= 0.6 is 15.9 Å². The lowest BCUT2D eigenvalue weighted by Gasteiger charge is -2.00. The SMILES string of the molecule is CCOC(=O)C(=O)c1ccc(C#CCBr)cc1. The summed E-state index contributed by atoms with van der Waals surface area (Å²) in [5.41, 5.74) is 1.11. The minimum atomic E-state index is -0.827. The van der Waals surface area contributed by atoms with E-state index in [4.69, 9.17) is 0 Å². The van der Waals surface area contributed by atoms with Crippen LogP contribution in [0.15, 0.2) is 24.3 Å². The summed E-state index contributed by atoms with van der Waals surface area (Å²) in [6, 6.07) is 6.53. The van der Waals surface area contributed by atoms with Gasteiger partial charge in [0.2, 0.25) is 0 Å². The number of esters is 1. The molecule has 0 N–H and O–H groups in total. The van der Waals surface area contributed by atoms with E-state index in [1.54, 1.807) is 31.2 Å². The summed E-state index contributed by atoms with van der Waals surface area (Å²) >= 11 is 3.19. The van der Waals surface area contributed by atoms with E-state index in [1.165, 1.54) is 0 Å². The van der Waals surface area contributed by atoms with E-state index >= 15 is 0 Å². The van der Waals surface area contributed by atoms with Crippen molar-refractivity contribution in [2.24, 2.45) is 0 Å². The smallest absolute Gasteiger partial charge is 0.379 e.